The van der Waals surface area contributed by atoms with Crippen molar-refractivity contribution >= 4 is 46.5 Å². The summed E-state index contributed by atoms with van der Waals surface area (Å²) in [5, 5.41) is 3.56. The summed E-state index contributed by atoms with van der Waals surface area (Å²) >= 11 is 0. The molecule has 1 radical (unpaired) electrons. The number of rotatable bonds is 8. The van der Waals surface area contributed by atoms with Gasteiger partial charge in [0.2, 0.25) is 0 Å². The maximum atomic E-state index is 6.49. The summed E-state index contributed by atoms with van der Waals surface area (Å²) in [5.41, 5.74) is 14.1. The molecule has 6 nitrogen and oxygen atoms in total. The second-order valence-electron chi connectivity index (χ2n) is 17.7. The number of aryl methyl sites for hydroxylation is 1. The number of para-hydroxylation sites is 1. The van der Waals surface area contributed by atoms with Gasteiger partial charge in [-0.3, -0.25) is 4.98 Å². The summed E-state index contributed by atoms with van der Waals surface area (Å²) in [6.07, 6.45) is 3.91. The Morgan fingerprint density at radius 2 is 1.34 bits per heavy atom. The van der Waals surface area contributed by atoms with Crippen LogP contribution in [-0.4, -0.2) is 32.6 Å². The van der Waals surface area contributed by atoms with E-state index in [-0.39, 0.29) is 37.9 Å². The third-order valence-electron chi connectivity index (χ3n) is 11.2. The van der Waals surface area contributed by atoms with E-state index in [2.05, 4.69) is 163 Å². The average Bonchev–Trinajstić information content (AvgIpc) is 3.82. The van der Waals surface area contributed by atoms with Gasteiger partial charge >= 0.3 is 0 Å². The Kier molecular flexibility index (Phi) is 12.7. The predicted octanol–water partition coefficient (Wildman–Crippen LogP) is 13.6. The van der Waals surface area contributed by atoms with Crippen molar-refractivity contribution in [2.75, 3.05) is 0 Å². The van der Waals surface area contributed by atoms with Crippen molar-refractivity contribution in [2.24, 2.45) is 0 Å². The van der Waals surface area contributed by atoms with Gasteiger partial charge in [-0.2, -0.15) is 0 Å². The predicted molar refractivity (Wildman–Crippen MR) is 252 cm³/mol. The maximum absolute atomic E-state index is 6.49. The molecule has 61 heavy (non-hydrogen) atoms. The molecule has 0 saturated heterocycles. The minimum absolute atomic E-state index is 0. The molecule has 4 aromatic heterocycles. The Morgan fingerprint density at radius 1 is 0.656 bits per heavy atom. The molecule has 9 aromatic rings. The molecule has 9 rings (SSSR count). The molecule has 0 spiro atoms. The summed E-state index contributed by atoms with van der Waals surface area (Å²) in [6, 6.07) is 44.4. The van der Waals surface area contributed by atoms with Crippen molar-refractivity contribution in [3.63, 3.8) is 0 Å². The summed E-state index contributed by atoms with van der Waals surface area (Å²) < 4.78 is 8.72. The van der Waals surface area contributed by atoms with Gasteiger partial charge in [-0.1, -0.05) is 132 Å². The minimum atomic E-state index is -1.27. The Morgan fingerprint density at radius 3 is 1.98 bits per heavy atom. The van der Waals surface area contributed by atoms with Crippen LogP contribution < -0.4 is 5.19 Å². The van der Waals surface area contributed by atoms with Crippen LogP contribution in [0.25, 0.3) is 72.7 Å². The van der Waals surface area contributed by atoms with E-state index in [1.54, 1.807) is 0 Å². The molecule has 0 aliphatic carbocycles. The monoisotopic (exact) mass is 996 g/mol. The van der Waals surface area contributed by atoms with Crippen molar-refractivity contribution in [2.45, 2.75) is 85.9 Å². The van der Waals surface area contributed by atoms with Gasteiger partial charge in [-0.25, -0.2) is 9.97 Å². The molecule has 0 fully saturated rings. The fourth-order valence-corrected chi connectivity index (χ4v) is 9.74. The van der Waals surface area contributed by atoms with Crippen LogP contribution in [0.2, 0.25) is 19.6 Å². The number of nitrogens with zero attached hydrogens (tertiary/aromatic N) is 5. The van der Waals surface area contributed by atoms with Crippen molar-refractivity contribution in [3.05, 3.63) is 156 Å². The number of hydrogen-bond donors (Lipinski definition) is 0. The van der Waals surface area contributed by atoms with E-state index >= 15 is 0 Å². The molecule has 0 aliphatic rings. The Hall–Kier alpha value is -5.53. The average molecular weight is 996 g/mol. The molecule has 0 aliphatic heterocycles. The Balaban J connectivity index is 0.000000262. The third kappa shape index (κ3) is 8.67. The smallest absolute Gasteiger partial charge is 0.188 e. The summed E-state index contributed by atoms with van der Waals surface area (Å²) in [5.74, 6) is 1.45. The fraction of sp³-hybridized carbons (Fsp3) is 0.245. The van der Waals surface area contributed by atoms with Gasteiger partial charge in [0.05, 0.1) is 31.4 Å². The second-order valence-corrected chi connectivity index (χ2v) is 22.7. The number of imidazole rings is 1. The van der Waals surface area contributed by atoms with Crippen LogP contribution >= 0.6 is 0 Å². The normalized spacial score (nSPS) is 11.8. The standard InChI is InChI=1S/C38H35N4O.C15H18NSi.Ir/c1-22(2)30-19-26(25-13-8-7-9-14-25)20-31(23(3)4)34(30)42-37(41-36-38(42)40-32(21-39-36)24(5)6)29-17-12-16-28-27-15-10-11-18-33(27)43-35(28)29;1-12-10-14(13-8-6-5-7-9-13)16-11-15(12)17(2,3)4;/h7-16,18-24H,1-6H3;5-8,10-11H,1-4H3;/q2*-1;. The van der Waals surface area contributed by atoms with Gasteiger partial charge in [0.25, 0.3) is 0 Å². The minimum Gasteiger partial charge on any atom is -0.501 e. The van der Waals surface area contributed by atoms with E-state index in [4.69, 9.17) is 19.4 Å². The SMILES string of the molecule is CC(C)c1cnc2nc(-c3[c-]ccc4c3oc3ccccc34)n(-c3c(C(C)C)cc(-c4ccccc4)cc3C(C)C)c2n1.Cc1cc(-c2[c-]cccc2)ncc1[Si](C)(C)C.[Ir]. The molecule has 0 amide bonds. The first-order chi connectivity index (χ1) is 28.8. The quantitative estimate of drug-likeness (QED) is 0.112. The number of furan rings is 1. The van der Waals surface area contributed by atoms with Crippen LogP contribution in [0.4, 0.5) is 0 Å². The summed E-state index contributed by atoms with van der Waals surface area (Å²) in [4.78, 5) is 19.8. The summed E-state index contributed by atoms with van der Waals surface area (Å²) in [6.45, 7) is 22.6. The third-order valence-corrected chi connectivity index (χ3v) is 13.3. The van der Waals surface area contributed by atoms with E-state index in [1.165, 1.54) is 33.0 Å². The number of benzene rings is 5. The molecule has 4 heterocycles. The maximum Gasteiger partial charge on any atom is 0.188 e. The van der Waals surface area contributed by atoms with E-state index < -0.39 is 8.07 Å². The molecule has 5 aromatic carbocycles. The molecule has 0 bridgehead atoms. The Labute approximate surface area is 374 Å². The molecular weight excluding hydrogens is 943 g/mol. The van der Waals surface area contributed by atoms with Crippen LogP contribution in [0.15, 0.2) is 126 Å². The topological polar surface area (TPSA) is 69.6 Å². The first-order valence-corrected chi connectivity index (χ1v) is 24.6. The van der Waals surface area contributed by atoms with Gasteiger partial charge in [0.1, 0.15) is 5.58 Å². The van der Waals surface area contributed by atoms with E-state index in [0.29, 0.717) is 5.65 Å². The van der Waals surface area contributed by atoms with Crippen LogP contribution in [-0.2, 0) is 20.1 Å². The van der Waals surface area contributed by atoms with Crippen LogP contribution in [0.3, 0.4) is 0 Å². The van der Waals surface area contributed by atoms with Gasteiger partial charge < -0.3 is 14.0 Å². The first kappa shape index (κ1) is 43.6. The van der Waals surface area contributed by atoms with E-state index in [0.717, 1.165) is 61.6 Å². The molecule has 0 saturated carbocycles. The van der Waals surface area contributed by atoms with Crippen LogP contribution in [0.1, 0.15) is 81.7 Å². The molecule has 0 atom stereocenters. The van der Waals surface area contributed by atoms with Crippen LogP contribution in [0.5, 0.6) is 0 Å². The van der Waals surface area contributed by atoms with Crippen molar-refractivity contribution in [1.82, 2.24) is 24.5 Å². The van der Waals surface area contributed by atoms with Crippen molar-refractivity contribution < 1.29 is 24.5 Å². The molecular formula is C53H53IrN5OSi-2. The van der Waals surface area contributed by atoms with Crippen LogP contribution in [0, 0.1) is 19.1 Å². The largest absolute Gasteiger partial charge is 0.501 e. The zero-order valence-electron chi connectivity index (χ0n) is 36.8. The second kappa shape index (κ2) is 17.8. The summed E-state index contributed by atoms with van der Waals surface area (Å²) in [7, 11) is -1.27. The zero-order chi connectivity index (χ0) is 42.3. The van der Waals surface area contributed by atoms with Gasteiger partial charge in [-0.15, -0.1) is 54.1 Å². The van der Waals surface area contributed by atoms with E-state index in [9.17, 15) is 0 Å². The van der Waals surface area contributed by atoms with E-state index in [1.807, 2.05) is 48.7 Å². The molecule has 311 valence electrons. The molecule has 8 heteroatoms. The van der Waals surface area contributed by atoms with Gasteiger partial charge in [0.15, 0.2) is 11.3 Å². The molecule has 0 unspecified atom stereocenters. The number of fused-ring (bicyclic) bond motifs is 4. The fourth-order valence-electron chi connectivity index (χ4n) is 8.04. The van der Waals surface area contributed by atoms with Gasteiger partial charge in [-0.05, 0) is 76.0 Å². The zero-order valence-corrected chi connectivity index (χ0v) is 40.2. The van der Waals surface area contributed by atoms with Gasteiger partial charge in [0, 0.05) is 37.4 Å². The number of hydrogen-bond acceptors (Lipinski definition) is 5. The Bertz CT molecular complexity index is 2930. The molecule has 0 N–H and O–H groups in total. The number of pyridine rings is 1. The van der Waals surface area contributed by atoms with Crippen molar-refractivity contribution in [1.29, 1.82) is 0 Å². The first-order valence-electron chi connectivity index (χ1n) is 21.1. The number of aromatic nitrogens is 5. The van der Waals surface area contributed by atoms with Crippen molar-refractivity contribution in [3.8, 4) is 39.5 Å².